The van der Waals surface area contributed by atoms with Gasteiger partial charge in [-0.1, -0.05) is 6.92 Å². The van der Waals surface area contributed by atoms with Gasteiger partial charge in [0, 0.05) is 37.9 Å². The predicted octanol–water partition coefficient (Wildman–Crippen LogP) is 3.22. The van der Waals surface area contributed by atoms with E-state index in [1.165, 1.54) is 0 Å². The lowest BCUT2D eigenvalue weighted by molar-refractivity contribution is 0.458. The molecule has 0 saturated heterocycles. The lowest BCUT2D eigenvalue weighted by Gasteiger charge is -2.12. The maximum absolute atomic E-state index is 4.21. The molecule has 0 aliphatic rings. The lowest BCUT2D eigenvalue weighted by atomic mass is 10.0. The van der Waals surface area contributed by atoms with E-state index in [2.05, 4.69) is 65.1 Å². The van der Waals surface area contributed by atoms with E-state index in [0.29, 0.717) is 5.92 Å². The fourth-order valence-electron chi connectivity index (χ4n) is 1.85. The molecule has 0 spiro atoms. The molecule has 2 rings (SSSR count). The first-order valence-corrected chi connectivity index (χ1v) is 5.89. The van der Waals surface area contributed by atoms with Gasteiger partial charge in [-0.15, -0.1) is 0 Å². The molecule has 0 saturated carbocycles. The first-order valence-electron chi connectivity index (χ1n) is 5.89. The molecule has 2 aromatic heterocycles. The van der Waals surface area contributed by atoms with Crippen LogP contribution in [0.3, 0.4) is 0 Å². The molecular formula is C14H19N2. The summed E-state index contributed by atoms with van der Waals surface area (Å²) < 4.78 is 4.43. The second kappa shape index (κ2) is 5.59. The molecule has 0 amide bonds. The van der Waals surface area contributed by atoms with Crippen molar-refractivity contribution in [3.05, 3.63) is 56.0 Å². The van der Waals surface area contributed by atoms with E-state index >= 15 is 0 Å². The van der Waals surface area contributed by atoms with Crippen molar-refractivity contribution in [2.24, 2.45) is 5.92 Å². The van der Waals surface area contributed by atoms with E-state index in [9.17, 15) is 0 Å². The van der Waals surface area contributed by atoms with Crippen LogP contribution in [0.4, 0.5) is 0 Å². The van der Waals surface area contributed by atoms with Crippen molar-refractivity contribution in [1.29, 1.82) is 0 Å². The normalized spacial score (nSPS) is 11.1. The van der Waals surface area contributed by atoms with Crippen molar-refractivity contribution >= 4 is 0 Å². The Labute approximate surface area is 97.5 Å². The molecule has 16 heavy (non-hydrogen) atoms. The number of aryl methyl sites for hydroxylation is 2. The molecule has 0 aliphatic carbocycles. The summed E-state index contributed by atoms with van der Waals surface area (Å²) >= 11 is 0. The average Bonchev–Trinajstić information content (AvgIpc) is 2.96. The van der Waals surface area contributed by atoms with E-state index in [4.69, 9.17) is 0 Å². The van der Waals surface area contributed by atoms with Gasteiger partial charge in [-0.25, -0.2) is 0 Å². The third-order valence-electron chi connectivity index (χ3n) is 2.92. The first-order chi connectivity index (χ1) is 7.84. The Kier molecular flexibility index (Phi) is 3.86. The molecule has 85 valence electrons. The molecule has 0 bridgehead atoms. The Morgan fingerprint density at radius 2 is 1.12 bits per heavy atom. The topological polar surface area (TPSA) is 9.86 Å². The molecule has 0 aromatic carbocycles. The summed E-state index contributed by atoms with van der Waals surface area (Å²) in [6.45, 7) is 6.36. The number of rotatable bonds is 6. The van der Waals surface area contributed by atoms with Crippen LogP contribution in [0, 0.1) is 12.8 Å². The van der Waals surface area contributed by atoms with Crippen LogP contribution in [0.1, 0.15) is 12.8 Å². The van der Waals surface area contributed by atoms with Gasteiger partial charge in [0.15, 0.2) is 0 Å². The van der Waals surface area contributed by atoms with Gasteiger partial charge in [-0.05, 0) is 43.0 Å². The van der Waals surface area contributed by atoms with Crippen molar-refractivity contribution in [2.45, 2.75) is 25.9 Å². The van der Waals surface area contributed by atoms with Crippen LogP contribution in [0.5, 0.6) is 0 Å². The first kappa shape index (κ1) is 11.1. The van der Waals surface area contributed by atoms with Gasteiger partial charge in [0.2, 0.25) is 0 Å². The van der Waals surface area contributed by atoms with Crippen LogP contribution in [-0.4, -0.2) is 9.13 Å². The fourth-order valence-corrected chi connectivity index (χ4v) is 1.85. The van der Waals surface area contributed by atoms with Crippen LogP contribution in [0.25, 0.3) is 0 Å². The van der Waals surface area contributed by atoms with E-state index in [1.54, 1.807) is 0 Å². The van der Waals surface area contributed by atoms with Crippen molar-refractivity contribution in [2.75, 3.05) is 0 Å². The van der Waals surface area contributed by atoms with Crippen LogP contribution in [-0.2, 0) is 13.1 Å². The number of hydrogen-bond acceptors (Lipinski definition) is 0. The summed E-state index contributed by atoms with van der Waals surface area (Å²) in [6, 6.07) is 8.27. The zero-order valence-electron chi connectivity index (χ0n) is 9.63. The Morgan fingerprint density at radius 3 is 1.50 bits per heavy atom. The third-order valence-corrected chi connectivity index (χ3v) is 2.92. The second-order valence-corrected chi connectivity index (χ2v) is 4.29. The quantitative estimate of drug-likeness (QED) is 0.700. The van der Waals surface area contributed by atoms with Crippen molar-refractivity contribution < 1.29 is 0 Å². The summed E-state index contributed by atoms with van der Waals surface area (Å²) in [5.74, 6) is 0.532. The summed E-state index contributed by atoms with van der Waals surface area (Å²) in [5, 5.41) is 0. The van der Waals surface area contributed by atoms with Crippen LogP contribution >= 0.6 is 0 Å². The largest absolute Gasteiger partial charge is 0.354 e. The molecule has 2 nitrogen and oxygen atoms in total. The van der Waals surface area contributed by atoms with E-state index < -0.39 is 0 Å². The number of aromatic nitrogens is 2. The smallest absolute Gasteiger partial charge is 0.0222 e. The van der Waals surface area contributed by atoms with Gasteiger partial charge in [-0.3, -0.25) is 0 Å². The minimum Gasteiger partial charge on any atom is -0.354 e. The standard InChI is InChI=1S/C14H19N2/c1-14(6-12-15-8-2-3-9-15)7-13-16-10-4-5-11-16/h2-5,8-11,14H,1,6-7,12-13H2. The highest BCUT2D eigenvalue weighted by Crippen LogP contribution is 2.10. The minimum absolute atomic E-state index is 0.532. The second-order valence-electron chi connectivity index (χ2n) is 4.29. The minimum atomic E-state index is 0.532. The monoisotopic (exact) mass is 215 g/mol. The van der Waals surface area contributed by atoms with Crippen molar-refractivity contribution in [3.8, 4) is 0 Å². The van der Waals surface area contributed by atoms with Crippen LogP contribution in [0.15, 0.2) is 49.1 Å². The average molecular weight is 215 g/mol. The highest BCUT2D eigenvalue weighted by molar-refractivity contribution is 4.91. The summed E-state index contributed by atoms with van der Waals surface area (Å²) in [4.78, 5) is 0. The molecule has 2 heteroatoms. The molecule has 2 heterocycles. The molecule has 0 unspecified atom stereocenters. The zero-order chi connectivity index (χ0) is 11.2. The highest BCUT2D eigenvalue weighted by Gasteiger charge is 2.02. The molecule has 0 atom stereocenters. The van der Waals surface area contributed by atoms with Gasteiger partial charge in [0.25, 0.3) is 0 Å². The van der Waals surface area contributed by atoms with Gasteiger partial charge in [0.1, 0.15) is 0 Å². The molecule has 2 aromatic rings. The maximum atomic E-state index is 4.21. The van der Waals surface area contributed by atoms with E-state index in [0.717, 1.165) is 25.9 Å². The summed E-state index contributed by atoms with van der Waals surface area (Å²) in [7, 11) is 0. The van der Waals surface area contributed by atoms with E-state index in [1.807, 2.05) is 0 Å². The van der Waals surface area contributed by atoms with Gasteiger partial charge < -0.3 is 9.13 Å². The molecular weight excluding hydrogens is 196 g/mol. The van der Waals surface area contributed by atoms with Crippen molar-refractivity contribution in [3.63, 3.8) is 0 Å². The van der Waals surface area contributed by atoms with Crippen LogP contribution in [0.2, 0.25) is 0 Å². The molecule has 0 aliphatic heterocycles. The molecule has 0 fully saturated rings. The predicted molar refractivity (Wildman–Crippen MR) is 66.9 cm³/mol. The Bertz CT molecular complexity index is 335. The molecule has 0 N–H and O–H groups in total. The Hall–Kier alpha value is -1.44. The Morgan fingerprint density at radius 1 is 0.750 bits per heavy atom. The molecule has 1 radical (unpaired) electrons. The SMILES string of the molecule is [CH2]C(CCn1cccc1)CCn1cccc1. The summed E-state index contributed by atoms with van der Waals surface area (Å²) in [6.07, 6.45) is 10.7. The number of nitrogens with zero attached hydrogens (tertiary/aromatic N) is 2. The Balaban J connectivity index is 1.66. The lowest BCUT2D eigenvalue weighted by Crippen LogP contribution is -2.05. The zero-order valence-corrected chi connectivity index (χ0v) is 9.63. The van der Waals surface area contributed by atoms with Crippen LogP contribution < -0.4 is 0 Å². The third kappa shape index (κ3) is 3.30. The number of hydrogen-bond donors (Lipinski definition) is 0. The van der Waals surface area contributed by atoms with Gasteiger partial charge in [0.05, 0.1) is 0 Å². The highest BCUT2D eigenvalue weighted by atomic mass is 14.9. The van der Waals surface area contributed by atoms with Gasteiger partial charge >= 0.3 is 0 Å². The van der Waals surface area contributed by atoms with Gasteiger partial charge in [-0.2, -0.15) is 0 Å². The van der Waals surface area contributed by atoms with E-state index in [-0.39, 0.29) is 0 Å². The van der Waals surface area contributed by atoms with Crippen molar-refractivity contribution in [1.82, 2.24) is 9.13 Å². The summed E-state index contributed by atoms with van der Waals surface area (Å²) in [5.41, 5.74) is 0. The maximum Gasteiger partial charge on any atom is 0.0222 e. The fraction of sp³-hybridized carbons (Fsp3) is 0.357.